The molecule has 9 heteroatoms. The van der Waals surface area contributed by atoms with E-state index >= 15 is 0 Å². The summed E-state index contributed by atoms with van der Waals surface area (Å²) in [5.74, 6) is 0.569. The van der Waals surface area contributed by atoms with Crippen LogP contribution in [0.5, 0.6) is 5.75 Å². The zero-order valence-electron chi connectivity index (χ0n) is 10.9. The number of benzene rings is 1. The maximum absolute atomic E-state index is 12.8. The van der Waals surface area contributed by atoms with Gasteiger partial charge in [0.2, 0.25) is 5.82 Å². The van der Waals surface area contributed by atoms with E-state index in [2.05, 4.69) is 25.1 Å². The summed E-state index contributed by atoms with van der Waals surface area (Å²) in [6.45, 7) is 1.71. The highest BCUT2D eigenvalue weighted by Gasteiger charge is 2.20. The molecule has 0 amide bonds. The van der Waals surface area contributed by atoms with E-state index in [1.165, 1.54) is 24.3 Å². The minimum absolute atomic E-state index is 0.0643. The van der Waals surface area contributed by atoms with Crippen LogP contribution in [-0.2, 0) is 0 Å². The lowest BCUT2D eigenvalue weighted by molar-refractivity contribution is 0.175. The van der Waals surface area contributed by atoms with Crippen molar-refractivity contribution in [2.75, 3.05) is 5.73 Å². The van der Waals surface area contributed by atoms with Crippen molar-refractivity contribution in [3.05, 3.63) is 36.0 Å². The summed E-state index contributed by atoms with van der Waals surface area (Å²) in [4.78, 5) is 4.11. The largest absolute Gasteiger partial charge is 0.481 e. The number of nitrogens with zero attached hydrogens (tertiary/aromatic N) is 4. The van der Waals surface area contributed by atoms with Crippen molar-refractivity contribution in [1.29, 1.82) is 0 Å². The second-order valence-corrected chi connectivity index (χ2v) is 4.17. The molecule has 2 N–H and O–H groups in total. The Morgan fingerprint density at radius 3 is 2.62 bits per heavy atom. The first-order chi connectivity index (χ1) is 10.1. The number of halogens is 1. The zero-order valence-corrected chi connectivity index (χ0v) is 10.9. The topological polar surface area (TPSA) is 113 Å². The fraction of sp³-hybridized carbons (Fsp3) is 0.167. The number of aromatic nitrogens is 4. The second-order valence-electron chi connectivity index (χ2n) is 4.17. The lowest BCUT2D eigenvalue weighted by Crippen LogP contribution is -2.03. The van der Waals surface area contributed by atoms with Crippen molar-refractivity contribution in [2.45, 2.75) is 13.0 Å². The molecular formula is C12H10FN5O3. The number of rotatable bonds is 4. The van der Waals surface area contributed by atoms with Crippen LogP contribution in [0.1, 0.15) is 18.9 Å². The van der Waals surface area contributed by atoms with Crippen LogP contribution < -0.4 is 10.5 Å². The molecule has 0 fully saturated rings. The maximum atomic E-state index is 12.8. The molecule has 21 heavy (non-hydrogen) atoms. The lowest BCUT2D eigenvalue weighted by Gasteiger charge is -2.10. The van der Waals surface area contributed by atoms with Gasteiger partial charge in [0.1, 0.15) is 11.6 Å². The quantitative estimate of drug-likeness (QED) is 0.776. The van der Waals surface area contributed by atoms with Gasteiger partial charge in [-0.05, 0) is 41.5 Å². The van der Waals surface area contributed by atoms with Crippen LogP contribution >= 0.6 is 0 Å². The van der Waals surface area contributed by atoms with Crippen LogP contribution in [0.2, 0.25) is 0 Å². The van der Waals surface area contributed by atoms with Gasteiger partial charge >= 0.3 is 0 Å². The van der Waals surface area contributed by atoms with Crippen molar-refractivity contribution < 1.29 is 18.3 Å². The molecule has 0 aliphatic heterocycles. The third-order valence-corrected chi connectivity index (χ3v) is 2.64. The third-order valence-electron chi connectivity index (χ3n) is 2.64. The number of hydrogen-bond donors (Lipinski definition) is 1. The van der Waals surface area contributed by atoms with Gasteiger partial charge in [0.05, 0.1) is 0 Å². The standard InChI is InChI=1S/C12H10FN5O3/c1-6(19-8-4-2-7(13)3-5-8)12-15-11(18-20-12)9-10(14)17-21-16-9/h2-6H,1H3,(H2,14,17)/t6-/m0/s1. The highest BCUT2D eigenvalue weighted by molar-refractivity contribution is 5.61. The average Bonchev–Trinajstić information content (AvgIpc) is 3.09. The molecule has 3 rings (SSSR count). The van der Waals surface area contributed by atoms with E-state index in [1.807, 2.05) is 0 Å². The maximum Gasteiger partial charge on any atom is 0.267 e. The van der Waals surface area contributed by atoms with Crippen LogP contribution in [0.3, 0.4) is 0 Å². The fourth-order valence-corrected chi connectivity index (χ4v) is 1.61. The average molecular weight is 291 g/mol. The first-order valence-corrected chi connectivity index (χ1v) is 5.97. The molecule has 1 aromatic carbocycles. The summed E-state index contributed by atoms with van der Waals surface area (Å²) < 4.78 is 27.9. The Labute approximate surface area is 117 Å². The molecule has 0 spiro atoms. The molecule has 0 saturated carbocycles. The molecule has 1 atom stereocenters. The van der Waals surface area contributed by atoms with Gasteiger partial charge in [-0.1, -0.05) is 5.16 Å². The van der Waals surface area contributed by atoms with E-state index in [9.17, 15) is 4.39 Å². The van der Waals surface area contributed by atoms with E-state index in [0.717, 1.165) is 0 Å². The monoisotopic (exact) mass is 291 g/mol. The number of hydrogen-bond acceptors (Lipinski definition) is 8. The Kier molecular flexibility index (Phi) is 3.22. The molecule has 0 radical (unpaired) electrons. The second kappa shape index (κ2) is 5.19. The Bertz CT molecular complexity index is 739. The van der Waals surface area contributed by atoms with E-state index in [0.29, 0.717) is 5.75 Å². The predicted octanol–water partition coefficient (Wildman–Crippen LogP) is 1.98. The Morgan fingerprint density at radius 1 is 1.19 bits per heavy atom. The van der Waals surface area contributed by atoms with Crippen molar-refractivity contribution in [1.82, 2.24) is 20.5 Å². The highest BCUT2D eigenvalue weighted by atomic mass is 19.1. The van der Waals surface area contributed by atoms with Crippen LogP contribution in [-0.4, -0.2) is 20.5 Å². The number of anilines is 1. The first kappa shape index (κ1) is 13.0. The van der Waals surface area contributed by atoms with E-state index < -0.39 is 6.10 Å². The summed E-state index contributed by atoms with van der Waals surface area (Å²) in [6.07, 6.45) is -0.530. The summed E-state index contributed by atoms with van der Waals surface area (Å²) in [7, 11) is 0. The SMILES string of the molecule is C[C@H](Oc1ccc(F)cc1)c1nc(-c2nonc2N)no1. The van der Waals surface area contributed by atoms with Crippen molar-refractivity contribution >= 4 is 5.82 Å². The van der Waals surface area contributed by atoms with Gasteiger partial charge in [0.15, 0.2) is 17.6 Å². The van der Waals surface area contributed by atoms with Gasteiger partial charge in [-0.25, -0.2) is 9.02 Å². The molecule has 0 saturated heterocycles. The van der Waals surface area contributed by atoms with Crippen molar-refractivity contribution in [3.8, 4) is 17.3 Å². The predicted molar refractivity (Wildman–Crippen MR) is 67.4 cm³/mol. The molecule has 0 aliphatic carbocycles. The number of nitrogen functional groups attached to an aromatic ring is 1. The summed E-state index contributed by atoms with van der Waals surface area (Å²) in [5, 5.41) is 10.7. The van der Waals surface area contributed by atoms with Crippen molar-refractivity contribution in [2.24, 2.45) is 0 Å². The van der Waals surface area contributed by atoms with E-state index in [1.54, 1.807) is 6.92 Å². The molecule has 0 aliphatic rings. The highest BCUT2D eigenvalue weighted by Crippen LogP contribution is 2.24. The molecule has 3 aromatic rings. The van der Waals surface area contributed by atoms with Crippen LogP contribution in [0.15, 0.2) is 33.4 Å². The van der Waals surface area contributed by atoms with Gasteiger partial charge in [-0.3, -0.25) is 0 Å². The van der Waals surface area contributed by atoms with Crippen LogP contribution in [0.4, 0.5) is 10.2 Å². The molecule has 0 unspecified atom stereocenters. The Hall–Kier alpha value is -2.97. The summed E-state index contributed by atoms with van der Waals surface area (Å²) >= 11 is 0. The normalized spacial score (nSPS) is 12.3. The van der Waals surface area contributed by atoms with Gasteiger partial charge in [-0.15, -0.1) is 0 Å². The summed E-state index contributed by atoms with van der Waals surface area (Å²) in [5.41, 5.74) is 5.73. The van der Waals surface area contributed by atoms with Gasteiger partial charge in [-0.2, -0.15) is 4.98 Å². The molecule has 8 nitrogen and oxygen atoms in total. The van der Waals surface area contributed by atoms with E-state index in [4.69, 9.17) is 15.0 Å². The fourth-order valence-electron chi connectivity index (χ4n) is 1.61. The third kappa shape index (κ3) is 2.66. The molecule has 2 heterocycles. The van der Waals surface area contributed by atoms with Gasteiger partial charge in [0.25, 0.3) is 5.89 Å². The van der Waals surface area contributed by atoms with Crippen LogP contribution in [0.25, 0.3) is 11.5 Å². The molecule has 108 valence electrons. The molecule has 0 bridgehead atoms. The van der Waals surface area contributed by atoms with Gasteiger partial charge in [0, 0.05) is 0 Å². The smallest absolute Gasteiger partial charge is 0.267 e. The molecule has 2 aromatic heterocycles. The molecular weight excluding hydrogens is 281 g/mol. The lowest BCUT2D eigenvalue weighted by atomic mass is 10.3. The minimum atomic E-state index is -0.530. The van der Waals surface area contributed by atoms with E-state index in [-0.39, 0.29) is 29.0 Å². The Morgan fingerprint density at radius 2 is 1.95 bits per heavy atom. The first-order valence-electron chi connectivity index (χ1n) is 5.97. The zero-order chi connectivity index (χ0) is 14.8. The van der Waals surface area contributed by atoms with Gasteiger partial charge < -0.3 is 15.0 Å². The van der Waals surface area contributed by atoms with Crippen LogP contribution in [0, 0.1) is 5.82 Å². The minimum Gasteiger partial charge on any atom is -0.481 e. The number of nitrogens with two attached hydrogens (primary N) is 1. The summed E-state index contributed by atoms with van der Waals surface area (Å²) in [6, 6.07) is 5.59. The van der Waals surface area contributed by atoms with Crippen molar-refractivity contribution in [3.63, 3.8) is 0 Å². The number of ether oxygens (including phenoxy) is 1. The Balaban J connectivity index is 1.76.